The van der Waals surface area contributed by atoms with Gasteiger partial charge in [0.1, 0.15) is 12.1 Å². The Bertz CT molecular complexity index is 315. The van der Waals surface area contributed by atoms with Gasteiger partial charge in [0, 0.05) is 19.5 Å². The number of carboxylic acid groups (broad SMARTS) is 2. The van der Waals surface area contributed by atoms with Gasteiger partial charge in [0.25, 0.3) is 0 Å². The van der Waals surface area contributed by atoms with Crippen molar-refractivity contribution in [2.75, 3.05) is 19.7 Å². The Morgan fingerprint density at radius 1 is 1.05 bits per heavy atom. The topological polar surface area (TPSA) is 158 Å². The largest absolute Gasteiger partial charge is 0.480 e. The molecule has 10 nitrogen and oxygen atoms in total. The highest BCUT2D eigenvalue weighted by Gasteiger charge is 2.21. The second kappa shape index (κ2) is 11.4. The van der Waals surface area contributed by atoms with Crippen LogP contribution < -0.4 is 10.6 Å². The van der Waals surface area contributed by atoms with Crippen molar-refractivity contribution in [2.24, 2.45) is 0 Å². The van der Waals surface area contributed by atoms with Gasteiger partial charge in [0.2, 0.25) is 0 Å². The number of carbonyl (C=O) groups is 2. The van der Waals surface area contributed by atoms with E-state index >= 15 is 0 Å². The summed E-state index contributed by atoms with van der Waals surface area (Å²) in [6.07, 6.45) is -0.504. The van der Waals surface area contributed by atoms with Gasteiger partial charge in [-0.15, -0.1) is 0 Å². The third kappa shape index (κ3) is 9.28. The zero-order valence-corrected chi connectivity index (χ0v) is 11.7. The predicted molar refractivity (Wildman–Crippen MR) is 69.8 cm³/mol. The maximum Gasteiger partial charge on any atom is 0.320 e. The summed E-state index contributed by atoms with van der Waals surface area (Å²) < 4.78 is 0. The third-order valence-electron chi connectivity index (χ3n) is 2.75. The van der Waals surface area contributed by atoms with Gasteiger partial charge < -0.3 is 20.8 Å². The normalized spacial score (nSPS) is 15.4. The average molecular weight is 310 g/mol. The molecule has 124 valence electrons. The molecule has 0 aromatic rings. The fourth-order valence-electron chi connectivity index (χ4n) is 1.62. The van der Waals surface area contributed by atoms with Crippen LogP contribution in [0.2, 0.25) is 0 Å². The van der Waals surface area contributed by atoms with E-state index in [4.69, 9.17) is 20.7 Å². The van der Waals surface area contributed by atoms with Crippen molar-refractivity contribution in [3.05, 3.63) is 0 Å². The highest BCUT2D eigenvalue weighted by atomic mass is 17.1. The van der Waals surface area contributed by atoms with E-state index in [-0.39, 0.29) is 32.5 Å². The molecule has 0 aliphatic heterocycles. The zero-order valence-electron chi connectivity index (χ0n) is 11.7. The van der Waals surface area contributed by atoms with E-state index < -0.39 is 30.1 Å². The van der Waals surface area contributed by atoms with E-state index in [0.717, 1.165) is 0 Å². The summed E-state index contributed by atoms with van der Waals surface area (Å²) in [5.74, 6) is -2.19. The first kappa shape index (κ1) is 19.7. The fraction of sp³-hybridized carbons (Fsp3) is 0.818. The molecule has 0 bridgehead atoms. The lowest BCUT2D eigenvalue weighted by atomic mass is 10.1. The lowest BCUT2D eigenvalue weighted by molar-refractivity contribution is -0.275. The van der Waals surface area contributed by atoms with Crippen molar-refractivity contribution in [3.8, 4) is 0 Å². The van der Waals surface area contributed by atoms with Crippen LogP contribution in [0.4, 0.5) is 0 Å². The number of carboxylic acids is 2. The molecule has 0 radical (unpaired) electrons. The summed E-state index contributed by atoms with van der Waals surface area (Å²) in [7, 11) is 0. The Kier molecular flexibility index (Phi) is 10.7. The summed E-state index contributed by atoms with van der Waals surface area (Å²) >= 11 is 0. The Balaban J connectivity index is 4.07. The van der Waals surface area contributed by atoms with Crippen LogP contribution in [0.5, 0.6) is 0 Å². The molecule has 0 saturated carbocycles. The van der Waals surface area contributed by atoms with Gasteiger partial charge in [-0.3, -0.25) is 20.1 Å². The number of hydrogen-bond acceptors (Lipinski definition) is 8. The first-order valence-corrected chi connectivity index (χ1v) is 6.41. The number of aliphatic carboxylic acids is 2. The molecular weight excluding hydrogens is 288 g/mol. The Labute approximate surface area is 121 Å². The predicted octanol–water partition coefficient (Wildman–Crippen LogP) is -0.780. The van der Waals surface area contributed by atoms with Crippen molar-refractivity contribution in [1.82, 2.24) is 10.6 Å². The molecule has 0 rings (SSSR count). The van der Waals surface area contributed by atoms with Crippen LogP contribution in [-0.2, 0) is 19.4 Å². The molecule has 6 N–H and O–H groups in total. The van der Waals surface area contributed by atoms with Crippen LogP contribution in [0.1, 0.15) is 19.8 Å². The molecule has 0 spiro atoms. The van der Waals surface area contributed by atoms with Crippen molar-refractivity contribution >= 4 is 11.9 Å². The SMILES string of the molecule is CC(CC(NCCNC(CCOO)C(=O)O)C(=O)O)OO. The van der Waals surface area contributed by atoms with E-state index in [9.17, 15) is 9.59 Å². The van der Waals surface area contributed by atoms with E-state index in [1.54, 1.807) is 0 Å². The van der Waals surface area contributed by atoms with Crippen molar-refractivity contribution < 1.29 is 40.1 Å². The molecule has 10 heteroatoms. The number of rotatable bonds is 13. The van der Waals surface area contributed by atoms with Crippen LogP contribution in [0.15, 0.2) is 0 Å². The summed E-state index contributed by atoms with van der Waals surface area (Å²) in [6.45, 7) is 1.81. The molecule has 0 aliphatic carbocycles. The van der Waals surface area contributed by atoms with Crippen LogP contribution in [0, 0.1) is 0 Å². The molecule has 0 aromatic carbocycles. The Morgan fingerprint density at radius 3 is 2.00 bits per heavy atom. The van der Waals surface area contributed by atoms with Gasteiger partial charge in [0.15, 0.2) is 0 Å². The molecule has 0 fully saturated rings. The first-order chi connectivity index (χ1) is 9.92. The smallest absolute Gasteiger partial charge is 0.320 e. The van der Waals surface area contributed by atoms with Crippen molar-refractivity contribution in [2.45, 2.75) is 38.0 Å². The average Bonchev–Trinajstić information content (AvgIpc) is 2.44. The number of nitrogens with one attached hydrogen (secondary N) is 2. The quantitative estimate of drug-likeness (QED) is 0.145. The number of hydrogen-bond donors (Lipinski definition) is 6. The van der Waals surface area contributed by atoms with Crippen molar-refractivity contribution in [3.63, 3.8) is 0 Å². The second-order valence-electron chi connectivity index (χ2n) is 4.46. The second-order valence-corrected chi connectivity index (χ2v) is 4.46. The molecule has 21 heavy (non-hydrogen) atoms. The van der Waals surface area contributed by atoms with E-state index in [0.29, 0.717) is 0 Å². The third-order valence-corrected chi connectivity index (χ3v) is 2.75. The van der Waals surface area contributed by atoms with Gasteiger partial charge in [-0.25, -0.2) is 9.78 Å². The minimum absolute atomic E-state index is 0.0620. The molecule has 0 saturated heterocycles. The van der Waals surface area contributed by atoms with Crippen LogP contribution in [0.25, 0.3) is 0 Å². The maximum absolute atomic E-state index is 11.0. The molecular formula is C11H22N2O8. The Morgan fingerprint density at radius 2 is 1.57 bits per heavy atom. The summed E-state index contributed by atoms with van der Waals surface area (Å²) in [6, 6.07) is -1.82. The molecule has 3 unspecified atom stereocenters. The van der Waals surface area contributed by atoms with Gasteiger partial charge in [-0.05, 0) is 13.3 Å². The maximum atomic E-state index is 11.0. The lowest BCUT2D eigenvalue weighted by Gasteiger charge is -2.18. The summed E-state index contributed by atoms with van der Waals surface area (Å²) in [4.78, 5) is 29.7. The summed E-state index contributed by atoms with van der Waals surface area (Å²) in [5, 5.41) is 39.9. The van der Waals surface area contributed by atoms with Crippen LogP contribution in [0.3, 0.4) is 0 Å². The first-order valence-electron chi connectivity index (χ1n) is 6.41. The minimum atomic E-state index is -1.10. The zero-order chi connectivity index (χ0) is 16.3. The Hall–Kier alpha value is -1.30. The molecule has 0 heterocycles. The fourth-order valence-corrected chi connectivity index (χ4v) is 1.62. The van der Waals surface area contributed by atoms with Gasteiger partial charge in [0.05, 0.1) is 12.7 Å². The van der Waals surface area contributed by atoms with E-state index in [2.05, 4.69) is 20.4 Å². The van der Waals surface area contributed by atoms with E-state index in [1.807, 2.05) is 0 Å². The molecule has 0 aromatic heterocycles. The van der Waals surface area contributed by atoms with Crippen LogP contribution in [-0.4, -0.2) is 70.6 Å². The van der Waals surface area contributed by atoms with Gasteiger partial charge >= 0.3 is 11.9 Å². The van der Waals surface area contributed by atoms with Crippen LogP contribution >= 0.6 is 0 Å². The standard InChI is InChI=1S/C11H22N2O8/c1-7(21-19)6-9(11(16)17)13-4-3-12-8(10(14)15)2-5-20-18/h7-9,12-13,18-19H,2-6H2,1H3,(H,14,15)(H,16,17). The molecule has 0 amide bonds. The highest BCUT2D eigenvalue weighted by molar-refractivity contribution is 5.73. The van der Waals surface area contributed by atoms with Gasteiger partial charge in [-0.1, -0.05) is 0 Å². The molecule has 0 aliphatic rings. The van der Waals surface area contributed by atoms with Gasteiger partial charge in [-0.2, -0.15) is 0 Å². The van der Waals surface area contributed by atoms with Crippen molar-refractivity contribution in [1.29, 1.82) is 0 Å². The molecule has 3 atom stereocenters. The van der Waals surface area contributed by atoms with E-state index in [1.165, 1.54) is 6.92 Å². The summed E-state index contributed by atoms with van der Waals surface area (Å²) in [5.41, 5.74) is 0. The minimum Gasteiger partial charge on any atom is -0.480 e. The monoisotopic (exact) mass is 310 g/mol. The lowest BCUT2D eigenvalue weighted by Crippen LogP contribution is -2.45. The highest BCUT2D eigenvalue weighted by Crippen LogP contribution is 2.01.